The number of fused-ring (bicyclic) bond motifs is 2. The van der Waals surface area contributed by atoms with Crippen molar-refractivity contribution < 1.29 is 0 Å². The lowest BCUT2D eigenvalue weighted by atomic mass is 10.1. The van der Waals surface area contributed by atoms with E-state index in [1.165, 1.54) is 16.3 Å². The molecule has 1 aliphatic heterocycles. The van der Waals surface area contributed by atoms with E-state index in [2.05, 4.69) is 50.8 Å². The summed E-state index contributed by atoms with van der Waals surface area (Å²) >= 11 is 0. The molecule has 0 amide bonds. The molecule has 2 N–H and O–H groups in total. The minimum Gasteiger partial charge on any atom is -0.341 e. The van der Waals surface area contributed by atoms with Gasteiger partial charge in [0.15, 0.2) is 0 Å². The highest BCUT2D eigenvalue weighted by molar-refractivity contribution is 5.82. The van der Waals surface area contributed by atoms with Gasteiger partial charge in [0.05, 0.1) is 17.6 Å². The molecule has 1 atom stereocenters. The molecular weight excluding hydrogens is 334 g/mol. The van der Waals surface area contributed by atoms with Crippen LogP contribution in [0.4, 0.5) is 5.95 Å². The van der Waals surface area contributed by atoms with Crippen molar-refractivity contribution in [2.45, 2.75) is 25.4 Å². The number of pyridine rings is 1. The molecular formula is C22H23N5. The molecule has 3 heterocycles. The lowest BCUT2D eigenvalue weighted by Gasteiger charge is -2.32. The normalized spacial score (nSPS) is 17.7. The van der Waals surface area contributed by atoms with Crippen molar-refractivity contribution in [3.8, 4) is 0 Å². The largest absolute Gasteiger partial charge is 0.341 e. The summed E-state index contributed by atoms with van der Waals surface area (Å²) in [5.41, 5.74) is 9.69. The molecule has 0 saturated carbocycles. The fraction of sp³-hybridized carbons (Fsp3) is 0.273. The maximum absolute atomic E-state index is 6.24. The number of para-hydroxylation sites is 2. The van der Waals surface area contributed by atoms with E-state index in [0.717, 1.165) is 49.5 Å². The number of anilines is 1. The fourth-order valence-electron chi connectivity index (χ4n) is 4.07. The predicted octanol–water partition coefficient (Wildman–Crippen LogP) is 3.56. The number of hydrogen-bond acceptors (Lipinski definition) is 4. The van der Waals surface area contributed by atoms with Gasteiger partial charge in [0.1, 0.15) is 0 Å². The highest BCUT2D eigenvalue weighted by atomic mass is 15.3. The van der Waals surface area contributed by atoms with E-state index >= 15 is 0 Å². The van der Waals surface area contributed by atoms with Crippen LogP contribution < -0.4 is 10.6 Å². The number of aromatic nitrogens is 3. The monoisotopic (exact) mass is 357 g/mol. The van der Waals surface area contributed by atoms with Crippen molar-refractivity contribution in [2.75, 3.05) is 18.0 Å². The fourth-order valence-corrected chi connectivity index (χ4v) is 4.07. The SMILES string of the molecule is N[C@@H]1CCCN(c2nc3ccccc3n2Cc2ccc3ccncc3c2)C1. The molecule has 0 spiro atoms. The lowest BCUT2D eigenvalue weighted by molar-refractivity contribution is 0.495. The van der Waals surface area contributed by atoms with Gasteiger partial charge in [-0.3, -0.25) is 4.98 Å². The third-order valence-corrected chi connectivity index (χ3v) is 5.42. The quantitative estimate of drug-likeness (QED) is 0.609. The Kier molecular flexibility index (Phi) is 4.02. The summed E-state index contributed by atoms with van der Waals surface area (Å²) < 4.78 is 2.32. The van der Waals surface area contributed by atoms with E-state index in [1.807, 2.05) is 24.5 Å². The van der Waals surface area contributed by atoms with Crippen LogP contribution in [-0.4, -0.2) is 33.7 Å². The Labute approximate surface area is 158 Å². The summed E-state index contributed by atoms with van der Waals surface area (Å²) in [6.45, 7) is 2.66. The lowest BCUT2D eigenvalue weighted by Crippen LogP contribution is -2.44. The van der Waals surface area contributed by atoms with Crippen molar-refractivity contribution >= 4 is 27.8 Å². The zero-order chi connectivity index (χ0) is 18.2. The standard InChI is InChI=1S/C22H23N5/c23-19-4-3-11-26(15-19)22-25-20-5-1-2-6-21(20)27(22)14-16-7-8-17-9-10-24-13-18(17)12-16/h1-2,5-10,12-13,19H,3-4,11,14-15,23H2/t19-/m1/s1. The molecule has 2 aromatic carbocycles. The van der Waals surface area contributed by atoms with Crippen LogP contribution in [0.15, 0.2) is 60.9 Å². The van der Waals surface area contributed by atoms with Gasteiger partial charge in [-0.2, -0.15) is 0 Å². The van der Waals surface area contributed by atoms with Crippen molar-refractivity contribution in [3.63, 3.8) is 0 Å². The molecule has 0 aliphatic carbocycles. The van der Waals surface area contributed by atoms with E-state index < -0.39 is 0 Å². The van der Waals surface area contributed by atoms with Gasteiger partial charge in [-0.15, -0.1) is 0 Å². The molecule has 1 fully saturated rings. The highest BCUT2D eigenvalue weighted by Gasteiger charge is 2.22. The number of nitrogens with zero attached hydrogens (tertiary/aromatic N) is 4. The first-order chi connectivity index (χ1) is 13.3. The molecule has 5 rings (SSSR count). The Bertz CT molecular complexity index is 1100. The first kappa shape index (κ1) is 16.3. The van der Waals surface area contributed by atoms with Crippen molar-refractivity contribution in [1.82, 2.24) is 14.5 Å². The maximum atomic E-state index is 6.24. The zero-order valence-electron chi connectivity index (χ0n) is 15.3. The minimum absolute atomic E-state index is 0.221. The maximum Gasteiger partial charge on any atom is 0.206 e. The van der Waals surface area contributed by atoms with E-state index in [1.54, 1.807) is 0 Å². The highest BCUT2D eigenvalue weighted by Crippen LogP contribution is 2.27. The van der Waals surface area contributed by atoms with Gasteiger partial charge in [-0.1, -0.05) is 24.3 Å². The van der Waals surface area contributed by atoms with Crippen LogP contribution in [-0.2, 0) is 6.54 Å². The zero-order valence-corrected chi connectivity index (χ0v) is 15.3. The van der Waals surface area contributed by atoms with Crippen LogP contribution in [0.25, 0.3) is 21.8 Å². The minimum atomic E-state index is 0.221. The van der Waals surface area contributed by atoms with E-state index in [0.29, 0.717) is 0 Å². The van der Waals surface area contributed by atoms with Gasteiger partial charge < -0.3 is 15.2 Å². The molecule has 1 aliphatic rings. The Morgan fingerprint density at radius 1 is 1.07 bits per heavy atom. The van der Waals surface area contributed by atoms with Crippen molar-refractivity contribution in [3.05, 3.63) is 66.5 Å². The molecule has 4 aromatic rings. The summed E-state index contributed by atoms with van der Waals surface area (Å²) in [6.07, 6.45) is 5.97. The number of benzene rings is 2. The van der Waals surface area contributed by atoms with Gasteiger partial charge in [0.2, 0.25) is 5.95 Å². The molecule has 2 aromatic heterocycles. The molecule has 27 heavy (non-hydrogen) atoms. The first-order valence-electron chi connectivity index (χ1n) is 9.56. The van der Waals surface area contributed by atoms with Gasteiger partial charge >= 0.3 is 0 Å². The number of imidazole rings is 1. The van der Waals surface area contributed by atoms with Crippen LogP contribution in [0.1, 0.15) is 18.4 Å². The van der Waals surface area contributed by atoms with Gasteiger partial charge in [-0.25, -0.2) is 4.98 Å². The topological polar surface area (TPSA) is 60.0 Å². The third-order valence-electron chi connectivity index (χ3n) is 5.42. The number of nitrogens with two attached hydrogens (primary N) is 1. The molecule has 1 saturated heterocycles. The summed E-state index contributed by atoms with van der Waals surface area (Å²) in [4.78, 5) is 11.6. The number of hydrogen-bond donors (Lipinski definition) is 1. The van der Waals surface area contributed by atoms with E-state index in [4.69, 9.17) is 10.7 Å². The van der Waals surface area contributed by atoms with Crippen molar-refractivity contribution in [2.24, 2.45) is 5.73 Å². The first-order valence-corrected chi connectivity index (χ1v) is 9.56. The smallest absolute Gasteiger partial charge is 0.206 e. The van der Waals surface area contributed by atoms with E-state index in [9.17, 15) is 0 Å². The third kappa shape index (κ3) is 3.04. The molecule has 5 heteroatoms. The molecule has 0 bridgehead atoms. The van der Waals surface area contributed by atoms with Gasteiger partial charge in [0.25, 0.3) is 0 Å². The van der Waals surface area contributed by atoms with Gasteiger partial charge in [-0.05, 0) is 48.1 Å². The number of piperidine rings is 1. The summed E-state index contributed by atoms with van der Waals surface area (Å²) in [6, 6.07) is 17.2. The van der Waals surface area contributed by atoms with Gasteiger partial charge in [0, 0.05) is 36.9 Å². The van der Waals surface area contributed by atoms with Crippen LogP contribution in [0.2, 0.25) is 0 Å². The average molecular weight is 357 g/mol. The Morgan fingerprint density at radius 3 is 2.93 bits per heavy atom. The van der Waals surface area contributed by atoms with Crippen LogP contribution >= 0.6 is 0 Å². The van der Waals surface area contributed by atoms with Crippen molar-refractivity contribution in [1.29, 1.82) is 0 Å². The summed E-state index contributed by atoms with van der Waals surface area (Å²) in [5.74, 6) is 1.03. The van der Waals surface area contributed by atoms with Crippen LogP contribution in [0, 0.1) is 0 Å². The molecule has 0 unspecified atom stereocenters. The Balaban J connectivity index is 1.58. The molecule has 5 nitrogen and oxygen atoms in total. The van der Waals surface area contributed by atoms with Crippen LogP contribution in [0.3, 0.4) is 0 Å². The second kappa shape index (κ2) is 6.67. The predicted molar refractivity (Wildman–Crippen MR) is 110 cm³/mol. The Morgan fingerprint density at radius 2 is 2.00 bits per heavy atom. The summed E-state index contributed by atoms with van der Waals surface area (Å²) in [7, 11) is 0. The molecule has 0 radical (unpaired) electrons. The number of rotatable bonds is 3. The molecule has 136 valence electrons. The van der Waals surface area contributed by atoms with E-state index in [-0.39, 0.29) is 6.04 Å². The second-order valence-electron chi connectivity index (χ2n) is 7.39. The Hall–Kier alpha value is -2.92. The van der Waals surface area contributed by atoms with Crippen LogP contribution in [0.5, 0.6) is 0 Å². The summed E-state index contributed by atoms with van der Waals surface area (Å²) in [5, 5.41) is 2.38. The second-order valence-corrected chi connectivity index (χ2v) is 7.39. The average Bonchev–Trinajstić information content (AvgIpc) is 3.06.